The summed E-state index contributed by atoms with van der Waals surface area (Å²) in [6.07, 6.45) is 1.23. The van der Waals surface area contributed by atoms with Crippen molar-refractivity contribution in [2.45, 2.75) is 6.92 Å². The Labute approximate surface area is 142 Å². The second-order valence-corrected chi connectivity index (χ2v) is 5.36. The molecule has 0 saturated heterocycles. The van der Waals surface area contributed by atoms with Gasteiger partial charge in [-0.2, -0.15) is 0 Å². The van der Waals surface area contributed by atoms with Gasteiger partial charge >= 0.3 is 0 Å². The lowest BCUT2D eigenvalue weighted by atomic mass is 10.2. The third kappa shape index (κ3) is 4.14. The molecule has 25 heavy (non-hydrogen) atoms. The number of carbonyl (C=O) groups excluding carboxylic acids is 1. The van der Waals surface area contributed by atoms with Crippen molar-refractivity contribution in [3.8, 4) is 0 Å². The van der Waals surface area contributed by atoms with Gasteiger partial charge in [-0.3, -0.25) is 4.79 Å². The highest BCUT2D eigenvalue weighted by molar-refractivity contribution is 6.03. The number of aromatic nitrogens is 2. The molecule has 0 fully saturated rings. The normalized spacial score (nSPS) is 10.4. The molecule has 1 heterocycles. The highest BCUT2D eigenvalue weighted by Crippen LogP contribution is 2.18. The molecule has 126 valence electrons. The number of aryl methyl sites for hydroxylation is 1. The first kappa shape index (κ1) is 16.5. The van der Waals surface area contributed by atoms with Gasteiger partial charge in [0.15, 0.2) is 0 Å². The first-order chi connectivity index (χ1) is 12.0. The van der Waals surface area contributed by atoms with Crippen LogP contribution in [-0.2, 0) is 0 Å². The molecule has 2 aromatic carbocycles. The van der Waals surface area contributed by atoms with Crippen molar-refractivity contribution in [1.82, 2.24) is 9.97 Å². The van der Waals surface area contributed by atoms with Crippen LogP contribution in [0.3, 0.4) is 0 Å². The summed E-state index contributed by atoms with van der Waals surface area (Å²) < 4.78 is 26.5. The first-order valence-corrected chi connectivity index (χ1v) is 7.43. The zero-order chi connectivity index (χ0) is 17.8. The number of halogens is 2. The molecule has 0 aliphatic heterocycles. The van der Waals surface area contributed by atoms with E-state index in [1.165, 1.54) is 12.4 Å². The molecule has 0 radical (unpaired) electrons. The highest BCUT2D eigenvalue weighted by Gasteiger charge is 2.12. The SMILES string of the molecule is Cc1cccc(Nc2cc(C(=O)Nc3ccc(F)cc3F)ncn2)c1. The van der Waals surface area contributed by atoms with Gasteiger partial charge in [0.25, 0.3) is 5.91 Å². The Bertz CT molecular complexity index is 930. The summed E-state index contributed by atoms with van der Waals surface area (Å²) in [5.41, 5.74) is 1.81. The van der Waals surface area contributed by atoms with Crippen molar-refractivity contribution in [3.05, 3.63) is 77.8 Å². The molecule has 0 bridgehead atoms. The number of benzene rings is 2. The summed E-state index contributed by atoms with van der Waals surface area (Å²) in [4.78, 5) is 20.2. The number of nitrogens with one attached hydrogen (secondary N) is 2. The van der Waals surface area contributed by atoms with Crippen LogP contribution >= 0.6 is 0 Å². The van der Waals surface area contributed by atoms with Crippen LogP contribution in [0.5, 0.6) is 0 Å². The van der Waals surface area contributed by atoms with Gasteiger partial charge in [0, 0.05) is 17.8 Å². The number of anilines is 3. The van der Waals surface area contributed by atoms with Gasteiger partial charge in [0.1, 0.15) is 29.5 Å². The van der Waals surface area contributed by atoms with Crippen LogP contribution in [0.2, 0.25) is 0 Å². The van der Waals surface area contributed by atoms with E-state index in [1.54, 1.807) is 0 Å². The molecule has 0 aliphatic carbocycles. The minimum Gasteiger partial charge on any atom is -0.340 e. The number of hydrogen-bond acceptors (Lipinski definition) is 4. The quantitative estimate of drug-likeness (QED) is 0.752. The maximum absolute atomic E-state index is 13.6. The van der Waals surface area contributed by atoms with Gasteiger partial charge in [0.2, 0.25) is 0 Å². The van der Waals surface area contributed by atoms with Crippen molar-refractivity contribution in [1.29, 1.82) is 0 Å². The van der Waals surface area contributed by atoms with Crippen LogP contribution in [0.4, 0.5) is 26.0 Å². The molecule has 2 N–H and O–H groups in total. The standard InChI is InChI=1S/C18H14F2N4O/c1-11-3-2-4-13(7-11)23-17-9-16(21-10-22-17)18(25)24-15-6-5-12(19)8-14(15)20/h2-10H,1H3,(H,24,25)(H,21,22,23). The van der Waals surface area contributed by atoms with Crippen LogP contribution in [-0.4, -0.2) is 15.9 Å². The van der Waals surface area contributed by atoms with Crippen LogP contribution in [0.15, 0.2) is 54.9 Å². The number of amides is 1. The smallest absolute Gasteiger partial charge is 0.274 e. The molecule has 0 unspecified atom stereocenters. The second kappa shape index (κ2) is 7.04. The van der Waals surface area contributed by atoms with E-state index in [1.807, 2.05) is 31.2 Å². The molecule has 0 spiro atoms. The van der Waals surface area contributed by atoms with E-state index in [-0.39, 0.29) is 11.4 Å². The highest BCUT2D eigenvalue weighted by atomic mass is 19.1. The van der Waals surface area contributed by atoms with Crippen molar-refractivity contribution in [2.24, 2.45) is 0 Å². The molecule has 7 heteroatoms. The van der Waals surface area contributed by atoms with Gasteiger partial charge in [-0.1, -0.05) is 12.1 Å². The van der Waals surface area contributed by atoms with Crippen molar-refractivity contribution in [3.63, 3.8) is 0 Å². The summed E-state index contributed by atoms with van der Waals surface area (Å²) >= 11 is 0. The summed E-state index contributed by atoms with van der Waals surface area (Å²) in [6, 6.07) is 12.0. The third-order valence-corrected chi connectivity index (χ3v) is 3.37. The van der Waals surface area contributed by atoms with Gasteiger partial charge in [-0.15, -0.1) is 0 Å². The van der Waals surface area contributed by atoms with Crippen molar-refractivity contribution >= 4 is 23.1 Å². The predicted molar refractivity (Wildman–Crippen MR) is 90.8 cm³/mol. The Morgan fingerprint density at radius 1 is 1.04 bits per heavy atom. The molecule has 5 nitrogen and oxygen atoms in total. The third-order valence-electron chi connectivity index (χ3n) is 3.37. The average Bonchev–Trinajstić information content (AvgIpc) is 2.57. The Morgan fingerprint density at radius 2 is 1.88 bits per heavy atom. The van der Waals surface area contributed by atoms with E-state index < -0.39 is 17.5 Å². The Hall–Kier alpha value is -3.35. The Kier molecular flexibility index (Phi) is 4.65. The number of nitrogens with zero attached hydrogens (tertiary/aromatic N) is 2. The lowest BCUT2D eigenvalue weighted by Gasteiger charge is -2.09. The van der Waals surface area contributed by atoms with E-state index in [0.29, 0.717) is 11.9 Å². The molecular weight excluding hydrogens is 326 g/mol. The van der Waals surface area contributed by atoms with Crippen molar-refractivity contribution < 1.29 is 13.6 Å². The lowest BCUT2D eigenvalue weighted by molar-refractivity contribution is 0.102. The first-order valence-electron chi connectivity index (χ1n) is 7.43. The lowest BCUT2D eigenvalue weighted by Crippen LogP contribution is -2.15. The van der Waals surface area contributed by atoms with Crippen LogP contribution in [0.1, 0.15) is 16.1 Å². The number of hydrogen-bond donors (Lipinski definition) is 2. The van der Waals surface area contributed by atoms with Crippen molar-refractivity contribution in [2.75, 3.05) is 10.6 Å². The Balaban J connectivity index is 1.77. The molecule has 3 aromatic rings. The van der Waals surface area contributed by atoms with E-state index >= 15 is 0 Å². The Morgan fingerprint density at radius 3 is 2.64 bits per heavy atom. The predicted octanol–water partition coefficient (Wildman–Crippen LogP) is 4.06. The van der Waals surface area contributed by atoms with E-state index in [0.717, 1.165) is 23.4 Å². The number of carbonyl (C=O) groups is 1. The minimum atomic E-state index is -0.861. The summed E-state index contributed by atoms with van der Waals surface area (Å²) in [5, 5.41) is 5.42. The maximum atomic E-state index is 13.6. The van der Waals surface area contributed by atoms with E-state index in [4.69, 9.17) is 0 Å². The van der Waals surface area contributed by atoms with Gasteiger partial charge in [-0.05, 0) is 36.8 Å². The molecule has 1 aromatic heterocycles. The zero-order valence-electron chi connectivity index (χ0n) is 13.3. The largest absolute Gasteiger partial charge is 0.340 e. The molecule has 1 amide bonds. The van der Waals surface area contributed by atoms with E-state index in [9.17, 15) is 13.6 Å². The van der Waals surface area contributed by atoms with E-state index in [2.05, 4.69) is 20.6 Å². The zero-order valence-corrected chi connectivity index (χ0v) is 13.3. The second-order valence-electron chi connectivity index (χ2n) is 5.36. The van der Waals surface area contributed by atoms with Crippen LogP contribution in [0, 0.1) is 18.6 Å². The fraction of sp³-hybridized carbons (Fsp3) is 0.0556. The average molecular weight is 340 g/mol. The summed E-state index contributed by atoms with van der Waals surface area (Å²) in [6.45, 7) is 1.96. The molecule has 0 aliphatic rings. The van der Waals surface area contributed by atoms with Gasteiger partial charge < -0.3 is 10.6 Å². The fourth-order valence-electron chi connectivity index (χ4n) is 2.20. The molecule has 0 atom stereocenters. The molecule has 0 saturated carbocycles. The number of rotatable bonds is 4. The monoisotopic (exact) mass is 340 g/mol. The summed E-state index contributed by atoms with van der Waals surface area (Å²) in [7, 11) is 0. The molecule has 3 rings (SSSR count). The maximum Gasteiger partial charge on any atom is 0.274 e. The van der Waals surface area contributed by atoms with Gasteiger partial charge in [-0.25, -0.2) is 18.7 Å². The molecular formula is C18H14F2N4O. The van der Waals surface area contributed by atoms with Gasteiger partial charge in [0.05, 0.1) is 5.69 Å². The summed E-state index contributed by atoms with van der Waals surface area (Å²) in [5.74, 6) is -1.78. The minimum absolute atomic E-state index is 0.0499. The van der Waals surface area contributed by atoms with Crippen LogP contribution < -0.4 is 10.6 Å². The fourth-order valence-corrected chi connectivity index (χ4v) is 2.20. The van der Waals surface area contributed by atoms with Crippen LogP contribution in [0.25, 0.3) is 0 Å². The topological polar surface area (TPSA) is 66.9 Å².